The maximum Gasteiger partial charge on any atom is 0.418 e. The first-order chi connectivity index (χ1) is 9.39. The highest BCUT2D eigenvalue weighted by Crippen LogP contribution is 2.45. The van der Waals surface area contributed by atoms with E-state index in [-0.39, 0.29) is 5.75 Å². The summed E-state index contributed by atoms with van der Waals surface area (Å²) in [7, 11) is -4.02. The van der Waals surface area contributed by atoms with E-state index in [0.717, 1.165) is 16.5 Å². The SMILES string of the molecule is CC12OS(=O)(=O)ON1CCc1c2[nH]c2ccc(O)cc12. The maximum absolute atomic E-state index is 11.5. The summed E-state index contributed by atoms with van der Waals surface area (Å²) < 4.78 is 33.0. The van der Waals surface area contributed by atoms with Crippen LogP contribution in [-0.2, 0) is 31.0 Å². The second-order valence-electron chi connectivity index (χ2n) is 5.11. The number of phenolic OH excluding ortho intramolecular Hbond substituents is 1. The van der Waals surface area contributed by atoms with Crippen molar-refractivity contribution < 1.29 is 22.0 Å². The monoisotopic (exact) mass is 296 g/mol. The minimum atomic E-state index is -4.02. The molecule has 2 aliphatic heterocycles. The zero-order chi connectivity index (χ0) is 14.1. The molecule has 2 N–H and O–H groups in total. The van der Waals surface area contributed by atoms with Crippen LogP contribution in [0.4, 0.5) is 0 Å². The van der Waals surface area contributed by atoms with E-state index < -0.39 is 16.1 Å². The number of nitrogens with one attached hydrogen (secondary N) is 1. The Bertz CT molecular complexity index is 828. The lowest BCUT2D eigenvalue weighted by Crippen LogP contribution is -2.44. The van der Waals surface area contributed by atoms with Crippen LogP contribution in [0.15, 0.2) is 18.2 Å². The normalized spacial score (nSPS) is 28.4. The van der Waals surface area contributed by atoms with Crippen molar-refractivity contribution in [1.82, 2.24) is 10.0 Å². The molecule has 2 aromatic rings. The van der Waals surface area contributed by atoms with E-state index in [1.807, 2.05) is 0 Å². The van der Waals surface area contributed by atoms with E-state index in [2.05, 4.69) is 4.98 Å². The van der Waals surface area contributed by atoms with Crippen molar-refractivity contribution >= 4 is 21.3 Å². The third-order valence-electron chi connectivity index (χ3n) is 3.84. The van der Waals surface area contributed by atoms with Crippen LogP contribution in [0.25, 0.3) is 10.9 Å². The maximum atomic E-state index is 11.5. The second kappa shape index (κ2) is 3.53. The molecule has 0 amide bonds. The average molecular weight is 296 g/mol. The van der Waals surface area contributed by atoms with Crippen molar-refractivity contribution in [2.75, 3.05) is 6.54 Å². The van der Waals surface area contributed by atoms with E-state index in [9.17, 15) is 13.5 Å². The molecular formula is C12H12N2O5S. The Balaban J connectivity index is 1.99. The minimum Gasteiger partial charge on any atom is -0.508 e. The number of phenols is 1. The molecule has 1 unspecified atom stereocenters. The number of aromatic amines is 1. The fourth-order valence-electron chi connectivity index (χ4n) is 2.96. The van der Waals surface area contributed by atoms with Crippen LogP contribution in [0.1, 0.15) is 18.2 Å². The predicted molar refractivity (Wildman–Crippen MR) is 68.8 cm³/mol. The van der Waals surface area contributed by atoms with Gasteiger partial charge in [-0.1, -0.05) is 0 Å². The Hall–Kier alpha value is -1.61. The molecule has 0 saturated carbocycles. The van der Waals surface area contributed by atoms with Crippen molar-refractivity contribution in [3.63, 3.8) is 0 Å². The smallest absolute Gasteiger partial charge is 0.418 e. The average Bonchev–Trinajstić information content (AvgIpc) is 2.83. The molecule has 106 valence electrons. The van der Waals surface area contributed by atoms with Crippen LogP contribution >= 0.6 is 0 Å². The number of rotatable bonds is 0. The number of H-pyrrole nitrogens is 1. The van der Waals surface area contributed by atoms with E-state index in [1.54, 1.807) is 25.1 Å². The van der Waals surface area contributed by atoms with Crippen LogP contribution in [0.5, 0.6) is 5.75 Å². The summed E-state index contributed by atoms with van der Waals surface area (Å²) in [6, 6.07) is 4.99. The highest BCUT2D eigenvalue weighted by molar-refractivity contribution is 7.82. The van der Waals surface area contributed by atoms with Crippen LogP contribution in [0, 0.1) is 0 Å². The van der Waals surface area contributed by atoms with Gasteiger partial charge in [0.2, 0.25) is 5.72 Å². The van der Waals surface area contributed by atoms with Gasteiger partial charge in [-0.3, -0.25) is 0 Å². The predicted octanol–water partition coefficient (Wildman–Crippen LogP) is 1.11. The largest absolute Gasteiger partial charge is 0.508 e. The summed E-state index contributed by atoms with van der Waals surface area (Å²) >= 11 is 0. The summed E-state index contributed by atoms with van der Waals surface area (Å²) in [6.45, 7) is 2.04. The lowest BCUT2D eigenvalue weighted by atomic mass is 9.97. The Morgan fingerprint density at radius 1 is 1.45 bits per heavy atom. The van der Waals surface area contributed by atoms with Gasteiger partial charge < -0.3 is 10.1 Å². The standard InChI is InChI=1S/C12H12N2O5S/c1-12-11-8(4-5-14(12)19-20(16,17)18-12)9-6-7(15)2-3-10(9)13-11/h2-3,6,13,15H,4-5H2,1H3. The van der Waals surface area contributed by atoms with Gasteiger partial charge in [0.1, 0.15) is 5.75 Å². The molecule has 20 heavy (non-hydrogen) atoms. The molecule has 0 spiro atoms. The second-order valence-corrected chi connectivity index (χ2v) is 6.24. The summed E-state index contributed by atoms with van der Waals surface area (Å²) in [5, 5.41) is 11.8. The van der Waals surface area contributed by atoms with Gasteiger partial charge >= 0.3 is 10.4 Å². The molecular weight excluding hydrogens is 284 g/mol. The fraction of sp³-hybridized carbons (Fsp3) is 0.333. The molecule has 1 fully saturated rings. The third kappa shape index (κ3) is 1.47. The quantitative estimate of drug-likeness (QED) is 0.756. The first-order valence-corrected chi connectivity index (χ1v) is 7.49. The van der Waals surface area contributed by atoms with Gasteiger partial charge in [0.15, 0.2) is 0 Å². The molecule has 7 nitrogen and oxygen atoms in total. The van der Waals surface area contributed by atoms with Crippen molar-refractivity contribution in [3.8, 4) is 5.75 Å². The Morgan fingerprint density at radius 3 is 3.05 bits per heavy atom. The van der Waals surface area contributed by atoms with Crippen molar-refractivity contribution in [2.24, 2.45) is 0 Å². The zero-order valence-corrected chi connectivity index (χ0v) is 11.4. The lowest BCUT2D eigenvalue weighted by molar-refractivity contribution is -0.171. The molecule has 3 heterocycles. The molecule has 4 rings (SSSR count). The number of hydrogen-bond acceptors (Lipinski definition) is 6. The van der Waals surface area contributed by atoms with Gasteiger partial charge in [-0.05, 0) is 37.1 Å². The Labute approximate surface area is 115 Å². The summed E-state index contributed by atoms with van der Waals surface area (Å²) in [6.07, 6.45) is 0.604. The number of benzene rings is 1. The van der Waals surface area contributed by atoms with Gasteiger partial charge in [0, 0.05) is 17.4 Å². The van der Waals surface area contributed by atoms with Crippen LogP contribution in [0.2, 0.25) is 0 Å². The Kier molecular flexibility index (Phi) is 2.14. The van der Waals surface area contributed by atoms with Crippen molar-refractivity contribution in [3.05, 3.63) is 29.5 Å². The molecule has 1 saturated heterocycles. The lowest BCUT2D eigenvalue weighted by Gasteiger charge is -2.32. The van der Waals surface area contributed by atoms with Gasteiger partial charge in [0.25, 0.3) is 0 Å². The van der Waals surface area contributed by atoms with Crippen molar-refractivity contribution in [2.45, 2.75) is 19.1 Å². The zero-order valence-electron chi connectivity index (χ0n) is 10.6. The van der Waals surface area contributed by atoms with Gasteiger partial charge in [-0.15, -0.1) is 5.06 Å². The first kappa shape index (κ1) is 12.2. The van der Waals surface area contributed by atoms with Gasteiger partial charge in [0.05, 0.1) is 5.69 Å². The molecule has 1 aromatic heterocycles. The van der Waals surface area contributed by atoms with Gasteiger partial charge in [-0.25, -0.2) is 4.18 Å². The summed E-state index contributed by atoms with van der Waals surface area (Å²) in [5.74, 6) is 0.170. The molecule has 2 aliphatic rings. The first-order valence-electron chi connectivity index (χ1n) is 6.16. The summed E-state index contributed by atoms with van der Waals surface area (Å²) in [5.41, 5.74) is 1.21. The topological polar surface area (TPSA) is 91.9 Å². The Morgan fingerprint density at radius 2 is 2.25 bits per heavy atom. The number of hydrogen-bond donors (Lipinski definition) is 2. The summed E-state index contributed by atoms with van der Waals surface area (Å²) in [4.78, 5) is 3.17. The number of aromatic hydroxyl groups is 1. The minimum absolute atomic E-state index is 0.170. The number of fused-ring (bicyclic) bond motifs is 5. The van der Waals surface area contributed by atoms with Gasteiger partial charge in [-0.2, -0.15) is 12.7 Å². The van der Waals surface area contributed by atoms with Crippen LogP contribution in [-0.4, -0.2) is 30.1 Å². The number of nitrogens with zero attached hydrogens (tertiary/aromatic N) is 1. The molecule has 0 aliphatic carbocycles. The van der Waals surface area contributed by atoms with E-state index in [4.69, 9.17) is 8.47 Å². The van der Waals surface area contributed by atoms with E-state index >= 15 is 0 Å². The number of aromatic nitrogens is 1. The third-order valence-corrected chi connectivity index (χ3v) is 4.73. The fourth-order valence-corrected chi connectivity index (χ4v) is 3.99. The highest BCUT2D eigenvalue weighted by Gasteiger charge is 2.54. The number of hydroxylamine groups is 2. The van der Waals surface area contributed by atoms with Crippen molar-refractivity contribution in [1.29, 1.82) is 0 Å². The molecule has 8 heteroatoms. The molecule has 1 aromatic carbocycles. The van der Waals surface area contributed by atoms with E-state index in [1.165, 1.54) is 5.06 Å². The van der Waals surface area contributed by atoms with Crippen LogP contribution < -0.4 is 0 Å². The van der Waals surface area contributed by atoms with E-state index in [0.29, 0.717) is 18.7 Å². The molecule has 0 bridgehead atoms. The van der Waals surface area contributed by atoms with Crippen LogP contribution in [0.3, 0.4) is 0 Å². The molecule has 1 atom stereocenters. The highest BCUT2D eigenvalue weighted by atomic mass is 32.3. The molecule has 0 radical (unpaired) electrons.